The van der Waals surface area contributed by atoms with Crippen LogP contribution in [-0.4, -0.2) is 35.9 Å². The number of piperidine rings is 1. The summed E-state index contributed by atoms with van der Waals surface area (Å²) in [6, 6.07) is 9.49. The second-order valence-electron chi connectivity index (χ2n) is 4.82. The highest BCUT2D eigenvalue weighted by molar-refractivity contribution is 6.45. The lowest BCUT2D eigenvalue weighted by Crippen LogP contribution is -2.47. The molecule has 1 atom stereocenters. The fourth-order valence-corrected chi connectivity index (χ4v) is 2.33. The monoisotopic (exact) mass is 246 g/mol. The third-order valence-electron chi connectivity index (χ3n) is 3.39. The second kappa shape index (κ2) is 6.02. The third kappa shape index (κ3) is 3.34. The molecule has 0 spiro atoms. The average Bonchev–Trinajstić information content (AvgIpc) is 2.40. The van der Waals surface area contributed by atoms with Crippen molar-refractivity contribution < 1.29 is 9.82 Å². The standard InChI is InChI=1S/C13H19BN2O2/c1-14(18)16-9-5-6-11(10-16)13(17)15-12-7-3-2-4-8-12/h2-4,7-8,11,18H,5-6,9-10H2,1H3,(H,15,17). The van der Waals surface area contributed by atoms with Crippen molar-refractivity contribution in [3.63, 3.8) is 0 Å². The predicted octanol–water partition coefficient (Wildman–Crippen LogP) is 1.45. The first-order chi connectivity index (χ1) is 8.66. The van der Waals surface area contributed by atoms with Crippen molar-refractivity contribution in [2.45, 2.75) is 19.7 Å². The highest BCUT2D eigenvalue weighted by atomic mass is 16.2. The van der Waals surface area contributed by atoms with Gasteiger partial charge in [-0.1, -0.05) is 18.2 Å². The van der Waals surface area contributed by atoms with E-state index in [0.717, 1.165) is 25.1 Å². The summed E-state index contributed by atoms with van der Waals surface area (Å²) in [7, 11) is -0.475. The Hall–Kier alpha value is -1.33. The second-order valence-corrected chi connectivity index (χ2v) is 4.82. The molecule has 0 aromatic heterocycles. The maximum absolute atomic E-state index is 12.1. The Balaban J connectivity index is 1.93. The Kier molecular flexibility index (Phi) is 4.39. The molecule has 4 nitrogen and oxygen atoms in total. The summed E-state index contributed by atoms with van der Waals surface area (Å²) >= 11 is 0. The van der Waals surface area contributed by atoms with Gasteiger partial charge in [-0.15, -0.1) is 0 Å². The molecule has 1 aromatic carbocycles. The van der Waals surface area contributed by atoms with Gasteiger partial charge in [0.15, 0.2) is 0 Å². The lowest BCUT2D eigenvalue weighted by Gasteiger charge is -2.32. The topological polar surface area (TPSA) is 52.6 Å². The van der Waals surface area contributed by atoms with E-state index in [1.165, 1.54) is 0 Å². The maximum atomic E-state index is 12.1. The highest BCUT2D eigenvalue weighted by Crippen LogP contribution is 2.19. The summed E-state index contributed by atoms with van der Waals surface area (Å²) in [5.41, 5.74) is 0.830. The number of para-hydroxylation sites is 1. The first-order valence-corrected chi connectivity index (χ1v) is 6.45. The maximum Gasteiger partial charge on any atom is 0.376 e. The van der Waals surface area contributed by atoms with E-state index in [4.69, 9.17) is 0 Å². The van der Waals surface area contributed by atoms with Crippen LogP contribution in [0.4, 0.5) is 5.69 Å². The van der Waals surface area contributed by atoms with Crippen LogP contribution in [0.5, 0.6) is 0 Å². The number of carbonyl (C=O) groups is 1. The van der Waals surface area contributed by atoms with Crippen LogP contribution in [0.2, 0.25) is 6.82 Å². The van der Waals surface area contributed by atoms with Gasteiger partial charge in [0, 0.05) is 12.2 Å². The van der Waals surface area contributed by atoms with Gasteiger partial charge >= 0.3 is 7.05 Å². The number of nitrogens with zero attached hydrogens (tertiary/aromatic N) is 1. The summed E-state index contributed by atoms with van der Waals surface area (Å²) in [5, 5.41) is 12.5. The van der Waals surface area contributed by atoms with Crippen molar-refractivity contribution in [1.29, 1.82) is 0 Å². The average molecular weight is 246 g/mol. The summed E-state index contributed by atoms with van der Waals surface area (Å²) in [4.78, 5) is 14.1. The Morgan fingerprint density at radius 3 is 2.83 bits per heavy atom. The van der Waals surface area contributed by atoms with E-state index < -0.39 is 7.05 Å². The summed E-state index contributed by atoms with van der Waals surface area (Å²) in [6.45, 7) is 3.25. The Bertz CT molecular complexity index is 397. The lowest BCUT2D eigenvalue weighted by atomic mass is 9.80. The molecule has 0 aliphatic carbocycles. The fraction of sp³-hybridized carbons (Fsp3) is 0.462. The zero-order valence-corrected chi connectivity index (χ0v) is 10.7. The van der Waals surface area contributed by atoms with Crippen LogP contribution in [0, 0.1) is 5.92 Å². The molecule has 1 unspecified atom stereocenters. The SMILES string of the molecule is CB(O)N1CCCC(C(=O)Nc2ccccc2)C1. The van der Waals surface area contributed by atoms with E-state index in [2.05, 4.69) is 5.32 Å². The molecule has 18 heavy (non-hydrogen) atoms. The Labute approximate surface area is 108 Å². The largest absolute Gasteiger partial charge is 0.437 e. The van der Waals surface area contributed by atoms with Gasteiger partial charge in [-0.3, -0.25) is 4.79 Å². The van der Waals surface area contributed by atoms with Crippen LogP contribution in [0.25, 0.3) is 0 Å². The van der Waals surface area contributed by atoms with Crippen molar-refractivity contribution in [2.24, 2.45) is 5.92 Å². The molecule has 0 bridgehead atoms. The molecule has 1 aliphatic rings. The molecule has 1 aliphatic heterocycles. The van der Waals surface area contributed by atoms with E-state index >= 15 is 0 Å². The molecule has 96 valence electrons. The van der Waals surface area contributed by atoms with E-state index in [0.29, 0.717) is 6.54 Å². The van der Waals surface area contributed by atoms with Gasteiger partial charge in [0.1, 0.15) is 0 Å². The van der Waals surface area contributed by atoms with E-state index in [1.807, 2.05) is 35.1 Å². The lowest BCUT2D eigenvalue weighted by molar-refractivity contribution is -0.121. The first kappa shape index (κ1) is 13.1. The molecule has 1 aromatic rings. The minimum Gasteiger partial charge on any atom is -0.437 e. The zero-order valence-electron chi connectivity index (χ0n) is 10.7. The molecule has 0 saturated carbocycles. The number of benzene rings is 1. The van der Waals surface area contributed by atoms with Crippen LogP contribution >= 0.6 is 0 Å². The van der Waals surface area contributed by atoms with Crippen LogP contribution in [-0.2, 0) is 4.79 Å². The molecule has 1 heterocycles. The Morgan fingerprint density at radius 1 is 1.44 bits per heavy atom. The molecule has 1 amide bonds. The third-order valence-corrected chi connectivity index (χ3v) is 3.39. The van der Waals surface area contributed by atoms with Crippen molar-refractivity contribution in [3.05, 3.63) is 30.3 Å². The number of nitrogens with one attached hydrogen (secondary N) is 1. The summed E-state index contributed by atoms with van der Waals surface area (Å²) in [5.74, 6) is 0.0140. The smallest absolute Gasteiger partial charge is 0.376 e. The number of rotatable bonds is 3. The summed E-state index contributed by atoms with van der Waals surface area (Å²) in [6.07, 6.45) is 1.85. The molecule has 1 saturated heterocycles. The number of amides is 1. The highest BCUT2D eigenvalue weighted by Gasteiger charge is 2.29. The van der Waals surface area contributed by atoms with Gasteiger partial charge < -0.3 is 15.2 Å². The van der Waals surface area contributed by atoms with Gasteiger partial charge in [0.25, 0.3) is 0 Å². The molecule has 1 fully saturated rings. The van der Waals surface area contributed by atoms with Crippen molar-refractivity contribution in [1.82, 2.24) is 4.81 Å². The number of anilines is 1. The van der Waals surface area contributed by atoms with Crippen LogP contribution < -0.4 is 5.32 Å². The quantitative estimate of drug-likeness (QED) is 0.793. The van der Waals surface area contributed by atoms with Gasteiger partial charge in [0.05, 0.1) is 5.92 Å². The number of hydrogen-bond donors (Lipinski definition) is 2. The number of hydrogen-bond acceptors (Lipinski definition) is 3. The van der Waals surface area contributed by atoms with E-state index in [-0.39, 0.29) is 11.8 Å². The van der Waals surface area contributed by atoms with Crippen molar-refractivity contribution in [2.75, 3.05) is 18.4 Å². The minimum absolute atomic E-state index is 0.0337. The first-order valence-electron chi connectivity index (χ1n) is 6.45. The van der Waals surface area contributed by atoms with Gasteiger partial charge in [-0.25, -0.2) is 0 Å². The van der Waals surface area contributed by atoms with Crippen LogP contribution in [0.1, 0.15) is 12.8 Å². The summed E-state index contributed by atoms with van der Waals surface area (Å²) < 4.78 is 0. The van der Waals surface area contributed by atoms with Crippen molar-refractivity contribution >= 4 is 18.6 Å². The van der Waals surface area contributed by atoms with Crippen molar-refractivity contribution in [3.8, 4) is 0 Å². The molecular formula is C13H19BN2O2. The normalized spacial score (nSPS) is 20.4. The molecule has 5 heteroatoms. The van der Waals surface area contributed by atoms with Gasteiger partial charge in [-0.2, -0.15) is 0 Å². The molecular weight excluding hydrogens is 227 g/mol. The van der Waals surface area contributed by atoms with Crippen LogP contribution in [0.3, 0.4) is 0 Å². The fourth-order valence-electron chi connectivity index (χ4n) is 2.33. The molecule has 0 radical (unpaired) electrons. The van der Waals surface area contributed by atoms with Gasteiger partial charge in [0.2, 0.25) is 5.91 Å². The molecule has 2 N–H and O–H groups in total. The number of carbonyl (C=O) groups excluding carboxylic acids is 1. The van der Waals surface area contributed by atoms with E-state index in [9.17, 15) is 9.82 Å². The van der Waals surface area contributed by atoms with Gasteiger partial charge in [-0.05, 0) is 38.3 Å². The van der Waals surface area contributed by atoms with E-state index in [1.54, 1.807) is 6.82 Å². The minimum atomic E-state index is -0.475. The predicted molar refractivity (Wildman–Crippen MR) is 73.2 cm³/mol. The Morgan fingerprint density at radius 2 is 2.17 bits per heavy atom. The van der Waals surface area contributed by atoms with Crippen LogP contribution in [0.15, 0.2) is 30.3 Å². The molecule has 2 rings (SSSR count). The zero-order chi connectivity index (χ0) is 13.0.